The Labute approximate surface area is 161 Å². The summed E-state index contributed by atoms with van der Waals surface area (Å²) < 4.78 is 11.3. The van der Waals surface area contributed by atoms with Gasteiger partial charge in [0.05, 0.1) is 13.2 Å². The van der Waals surface area contributed by atoms with Crippen molar-refractivity contribution in [2.45, 2.75) is 57.1 Å². The van der Waals surface area contributed by atoms with Crippen molar-refractivity contribution in [3.05, 3.63) is 23.8 Å². The van der Waals surface area contributed by atoms with Crippen molar-refractivity contribution >= 4 is 11.7 Å². The van der Waals surface area contributed by atoms with Crippen LogP contribution in [-0.4, -0.2) is 55.4 Å². The van der Waals surface area contributed by atoms with Crippen LogP contribution < -0.4 is 15.4 Å². The first-order valence-corrected chi connectivity index (χ1v) is 10.3. The summed E-state index contributed by atoms with van der Waals surface area (Å²) in [5, 5.41) is 6.15. The fraction of sp³-hybridized carbons (Fsp3) is 0.667. The lowest BCUT2D eigenvalue weighted by molar-refractivity contribution is -0.0356. The Bertz CT molecular complexity index is 667. The fourth-order valence-corrected chi connectivity index (χ4v) is 4.77. The van der Waals surface area contributed by atoms with Crippen LogP contribution in [0.3, 0.4) is 0 Å². The predicted molar refractivity (Wildman–Crippen MR) is 105 cm³/mol. The summed E-state index contributed by atoms with van der Waals surface area (Å²) in [6, 6.07) is 5.76. The SMILES string of the molecule is C[C@H]1Cc2cc(NC(=O)NCC3(N4CCOCC4)CCCCC3)ccc2O1. The Morgan fingerprint density at radius 3 is 2.78 bits per heavy atom. The van der Waals surface area contributed by atoms with E-state index in [1.54, 1.807) is 0 Å². The van der Waals surface area contributed by atoms with E-state index >= 15 is 0 Å². The number of anilines is 1. The molecule has 1 aliphatic carbocycles. The van der Waals surface area contributed by atoms with Crippen LogP contribution in [0.1, 0.15) is 44.6 Å². The number of carbonyl (C=O) groups is 1. The van der Waals surface area contributed by atoms with Crippen LogP contribution in [0.2, 0.25) is 0 Å². The molecule has 27 heavy (non-hydrogen) atoms. The van der Waals surface area contributed by atoms with E-state index in [9.17, 15) is 4.79 Å². The molecule has 0 unspecified atom stereocenters. The minimum atomic E-state index is -0.125. The van der Waals surface area contributed by atoms with Gasteiger partial charge in [-0.2, -0.15) is 0 Å². The van der Waals surface area contributed by atoms with Gasteiger partial charge in [0.1, 0.15) is 11.9 Å². The van der Waals surface area contributed by atoms with E-state index in [2.05, 4.69) is 22.5 Å². The van der Waals surface area contributed by atoms with E-state index < -0.39 is 0 Å². The number of amides is 2. The highest BCUT2D eigenvalue weighted by molar-refractivity contribution is 5.89. The maximum atomic E-state index is 12.5. The van der Waals surface area contributed by atoms with E-state index in [4.69, 9.17) is 9.47 Å². The van der Waals surface area contributed by atoms with Gasteiger partial charge in [0.25, 0.3) is 0 Å². The number of nitrogens with zero attached hydrogens (tertiary/aromatic N) is 1. The highest BCUT2D eigenvalue weighted by atomic mass is 16.5. The van der Waals surface area contributed by atoms with Gasteiger partial charge in [-0.05, 0) is 43.5 Å². The number of rotatable bonds is 4. The first kappa shape index (κ1) is 18.6. The van der Waals surface area contributed by atoms with Gasteiger partial charge in [-0.15, -0.1) is 0 Å². The van der Waals surface area contributed by atoms with Crippen LogP contribution in [0.15, 0.2) is 18.2 Å². The number of ether oxygens (including phenoxy) is 2. The lowest BCUT2D eigenvalue weighted by Crippen LogP contribution is -2.60. The van der Waals surface area contributed by atoms with Crippen LogP contribution in [0.5, 0.6) is 5.75 Å². The molecule has 2 heterocycles. The monoisotopic (exact) mass is 373 g/mol. The maximum Gasteiger partial charge on any atom is 0.319 e. The van der Waals surface area contributed by atoms with E-state index in [1.807, 2.05) is 18.2 Å². The average molecular weight is 373 g/mol. The molecule has 2 fully saturated rings. The minimum absolute atomic E-state index is 0.0839. The number of fused-ring (bicyclic) bond motifs is 1. The summed E-state index contributed by atoms with van der Waals surface area (Å²) in [6.07, 6.45) is 7.19. The minimum Gasteiger partial charge on any atom is -0.490 e. The molecule has 0 aromatic heterocycles. The van der Waals surface area contributed by atoms with Crippen molar-refractivity contribution in [1.29, 1.82) is 0 Å². The molecule has 1 aromatic rings. The summed E-state index contributed by atoms with van der Waals surface area (Å²) in [5.41, 5.74) is 2.08. The number of hydrogen-bond donors (Lipinski definition) is 2. The van der Waals surface area contributed by atoms with Gasteiger partial charge in [0, 0.05) is 37.3 Å². The molecule has 0 radical (unpaired) electrons. The van der Waals surface area contributed by atoms with Crippen molar-refractivity contribution in [3.63, 3.8) is 0 Å². The van der Waals surface area contributed by atoms with E-state index in [0.717, 1.165) is 62.6 Å². The summed E-state index contributed by atoms with van der Waals surface area (Å²) in [5.74, 6) is 0.932. The Kier molecular flexibility index (Phi) is 5.55. The molecule has 1 saturated carbocycles. The Morgan fingerprint density at radius 2 is 2.00 bits per heavy atom. The molecule has 2 N–H and O–H groups in total. The standard InChI is InChI=1S/C21H31N3O3/c1-16-13-17-14-18(5-6-19(17)27-16)23-20(25)22-15-21(7-3-2-4-8-21)24-9-11-26-12-10-24/h5-6,14,16H,2-4,7-13,15H2,1H3,(H2,22,23,25)/t16-/m0/s1. The molecule has 6 heteroatoms. The second-order valence-corrected chi connectivity index (χ2v) is 8.15. The van der Waals surface area contributed by atoms with Crippen molar-refractivity contribution in [2.75, 3.05) is 38.2 Å². The number of nitrogens with one attached hydrogen (secondary N) is 2. The zero-order valence-corrected chi connectivity index (χ0v) is 16.3. The van der Waals surface area contributed by atoms with E-state index in [1.165, 1.54) is 19.3 Å². The fourth-order valence-electron chi connectivity index (χ4n) is 4.77. The summed E-state index contributed by atoms with van der Waals surface area (Å²) in [4.78, 5) is 15.1. The smallest absolute Gasteiger partial charge is 0.319 e. The van der Waals surface area contributed by atoms with Crippen LogP contribution >= 0.6 is 0 Å². The number of benzene rings is 1. The van der Waals surface area contributed by atoms with Gasteiger partial charge in [-0.3, -0.25) is 4.90 Å². The molecule has 0 spiro atoms. The van der Waals surface area contributed by atoms with Crippen LogP contribution in [0.25, 0.3) is 0 Å². The van der Waals surface area contributed by atoms with Crippen molar-refractivity contribution in [3.8, 4) is 5.75 Å². The summed E-state index contributed by atoms with van der Waals surface area (Å²) in [7, 11) is 0. The Morgan fingerprint density at radius 1 is 1.22 bits per heavy atom. The topological polar surface area (TPSA) is 62.8 Å². The highest BCUT2D eigenvalue weighted by Gasteiger charge is 2.38. The molecule has 1 saturated heterocycles. The Hall–Kier alpha value is -1.79. The van der Waals surface area contributed by atoms with Crippen molar-refractivity contribution in [2.24, 2.45) is 0 Å². The van der Waals surface area contributed by atoms with Crippen LogP contribution in [-0.2, 0) is 11.2 Å². The zero-order chi connectivity index (χ0) is 18.7. The molecule has 1 atom stereocenters. The predicted octanol–water partition coefficient (Wildman–Crippen LogP) is 3.17. The van der Waals surface area contributed by atoms with Gasteiger partial charge in [-0.1, -0.05) is 19.3 Å². The lowest BCUT2D eigenvalue weighted by Gasteiger charge is -2.48. The first-order valence-electron chi connectivity index (χ1n) is 10.3. The Balaban J connectivity index is 1.36. The van der Waals surface area contributed by atoms with Crippen molar-refractivity contribution in [1.82, 2.24) is 10.2 Å². The van der Waals surface area contributed by atoms with Crippen LogP contribution in [0.4, 0.5) is 10.5 Å². The van der Waals surface area contributed by atoms with Gasteiger partial charge in [0.15, 0.2) is 0 Å². The van der Waals surface area contributed by atoms with Gasteiger partial charge in [0.2, 0.25) is 0 Å². The summed E-state index contributed by atoms with van der Waals surface area (Å²) in [6.45, 7) is 6.28. The molecule has 3 aliphatic rings. The average Bonchev–Trinajstić information content (AvgIpc) is 3.07. The van der Waals surface area contributed by atoms with Gasteiger partial charge in [-0.25, -0.2) is 4.79 Å². The molecule has 148 valence electrons. The number of morpholine rings is 1. The molecule has 0 bridgehead atoms. The number of urea groups is 1. The third-order valence-electron chi connectivity index (χ3n) is 6.20. The quantitative estimate of drug-likeness (QED) is 0.851. The maximum absolute atomic E-state index is 12.5. The molecule has 6 nitrogen and oxygen atoms in total. The van der Waals surface area contributed by atoms with Crippen molar-refractivity contribution < 1.29 is 14.3 Å². The van der Waals surface area contributed by atoms with E-state index in [-0.39, 0.29) is 17.7 Å². The molecule has 2 aliphatic heterocycles. The van der Waals surface area contributed by atoms with Gasteiger partial charge < -0.3 is 20.1 Å². The first-order chi connectivity index (χ1) is 13.1. The lowest BCUT2D eigenvalue weighted by atomic mass is 9.80. The zero-order valence-electron chi connectivity index (χ0n) is 16.3. The van der Waals surface area contributed by atoms with E-state index in [0.29, 0.717) is 6.54 Å². The number of hydrogen-bond acceptors (Lipinski definition) is 4. The molecular formula is C21H31N3O3. The highest BCUT2D eigenvalue weighted by Crippen LogP contribution is 2.34. The van der Waals surface area contributed by atoms with Gasteiger partial charge >= 0.3 is 6.03 Å². The normalized spacial score (nSPS) is 24.7. The van der Waals surface area contributed by atoms with Crippen LogP contribution in [0, 0.1) is 0 Å². The summed E-state index contributed by atoms with van der Waals surface area (Å²) >= 11 is 0. The molecule has 4 rings (SSSR count). The number of carbonyl (C=O) groups excluding carboxylic acids is 1. The second-order valence-electron chi connectivity index (χ2n) is 8.15. The third-order valence-corrected chi connectivity index (χ3v) is 6.20. The molecule has 2 amide bonds. The third kappa shape index (κ3) is 4.22. The molecular weight excluding hydrogens is 342 g/mol. The second kappa shape index (κ2) is 8.07. The largest absolute Gasteiger partial charge is 0.490 e. The molecule has 1 aromatic carbocycles.